The van der Waals surface area contributed by atoms with Gasteiger partial charge in [0.05, 0.1) is 0 Å². The molecule has 6 heteroatoms. The Balaban J connectivity index is 2.05. The molecule has 5 nitrogen and oxygen atoms in total. The van der Waals surface area contributed by atoms with E-state index in [0.29, 0.717) is 32.1 Å². The van der Waals surface area contributed by atoms with Gasteiger partial charge < -0.3 is 5.73 Å². The average Bonchev–Trinajstić information content (AvgIpc) is 2.83. The molecule has 2 aliphatic heterocycles. The fourth-order valence-electron chi connectivity index (χ4n) is 2.69. The molecule has 2 atom stereocenters. The Bertz CT molecular complexity index is 350. The van der Waals surface area contributed by atoms with E-state index in [0.717, 1.165) is 25.7 Å². The summed E-state index contributed by atoms with van der Waals surface area (Å²) >= 11 is 0. The zero-order valence-electron chi connectivity index (χ0n) is 10.5. The third-order valence-corrected chi connectivity index (χ3v) is 5.88. The predicted molar refractivity (Wildman–Crippen MR) is 67.7 cm³/mol. The normalized spacial score (nSPS) is 30.6. The van der Waals surface area contributed by atoms with Crippen LogP contribution in [0.2, 0.25) is 0 Å². The molecule has 2 fully saturated rings. The van der Waals surface area contributed by atoms with Crippen LogP contribution in [0, 0.1) is 5.92 Å². The molecular formula is C11H23N3O2S. The van der Waals surface area contributed by atoms with E-state index in [2.05, 4.69) is 0 Å². The van der Waals surface area contributed by atoms with E-state index >= 15 is 0 Å². The lowest BCUT2D eigenvalue weighted by Crippen LogP contribution is -2.49. The standard InChI is InChI=1S/C11H23N3O2S/c1-10(12)11-5-4-8-14(9-11)17(15,16)13-6-2-3-7-13/h10-11H,2-9,12H2,1H3. The van der Waals surface area contributed by atoms with Gasteiger partial charge in [-0.25, -0.2) is 0 Å². The third-order valence-electron chi connectivity index (χ3n) is 3.88. The van der Waals surface area contributed by atoms with E-state index in [-0.39, 0.29) is 6.04 Å². The van der Waals surface area contributed by atoms with Gasteiger partial charge in [-0.3, -0.25) is 0 Å². The van der Waals surface area contributed by atoms with Gasteiger partial charge in [-0.1, -0.05) is 0 Å². The largest absolute Gasteiger partial charge is 0.328 e. The number of hydrogen-bond acceptors (Lipinski definition) is 3. The lowest BCUT2D eigenvalue weighted by molar-refractivity contribution is 0.231. The Hall–Kier alpha value is -0.170. The Labute approximate surface area is 104 Å². The van der Waals surface area contributed by atoms with Crippen LogP contribution in [-0.2, 0) is 10.2 Å². The smallest absolute Gasteiger partial charge is 0.281 e. The summed E-state index contributed by atoms with van der Waals surface area (Å²) in [7, 11) is -3.22. The first-order valence-corrected chi connectivity index (χ1v) is 7.92. The first-order valence-electron chi connectivity index (χ1n) is 6.52. The first-order chi connectivity index (χ1) is 8.01. The summed E-state index contributed by atoms with van der Waals surface area (Å²) in [4.78, 5) is 0. The summed E-state index contributed by atoms with van der Waals surface area (Å²) in [5, 5.41) is 0. The number of nitrogens with two attached hydrogens (primary N) is 1. The van der Waals surface area contributed by atoms with E-state index in [1.54, 1.807) is 8.61 Å². The minimum Gasteiger partial charge on any atom is -0.328 e. The van der Waals surface area contributed by atoms with Crippen molar-refractivity contribution in [3.8, 4) is 0 Å². The quantitative estimate of drug-likeness (QED) is 0.799. The second-order valence-corrected chi connectivity index (χ2v) is 7.16. The molecule has 2 rings (SSSR count). The van der Waals surface area contributed by atoms with Crippen LogP contribution in [0.15, 0.2) is 0 Å². The fraction of sp³-hybridized carbons (Fsp3) is 1.00. The van der Waals surface area contributed by atoms with Crippen LogP contribution in [0.4, 0.5) is 0 Å². The van der Waals surface area contributed by atoms with Crippen molar-refractivity contribution in [2.24, 2.45) is 11.7 Å². The van der Waals surface area contributed by atoms with Crippen molar-refractivity contribution in [2.45, 2.75) is 38.6 Å². The molecule has 0 aromatic heterocycles. The number of piperidine rings is 1. The Morgan fingerprint density at radius 2 is 1.71 bits per heavy atom. The van der Waals surface area contributed by atoms with Crippen molar-refractivity contribution >= 4 is 10.2 Å². The van der Waals surface area contributed by atoms with Crippen molar-refractivity contribution in [3.63, 3.8) is 0 Å². The molecule has 0 spiro atoms. The van der Waals surface area contributed by atoms with E-state index in [9.17, 15) is 8.42 Å². The molecule has 2 saturated heterocycles. The van der Waals surface area contributed by atoms with Gasteiger partial charge in [-0.2, -0.15) is 17.0 Å². The maximum absolute atomic E-state index is 12.4. The Morgan fingerprint density at radius 1 is 1.12 bits per heavy atom. The molecule has 2 heterocycles. The summed E-state index contributed by atoms with van der Waals surface area (Å²) in [6.07, 6.45) is 3.95. The zero-order valence-corrected chi connectivity index (χ0v) is 11.3. The van der Waals surface area contributed by atoms with Crippen molar-refractivity contribution in [3.05, 3.63) is 0 Å². The number of hydrogen-bond donors (Lipinski definition) is 1. The van der Waals surface area contributed by atoms with Crippen LogP contribution in [0.1, 0.15) is 32.6 Å². The monoisotopic (exact) mass is 261 g/mol. The molecule has 0 aromatic rings. The third kappa shape index (κ3) is 2.81. The minimum absolute atomic E-state index is 0.0755. The molecular weight excluding hydrogens is 238 g/mol. The van der Waals surface area contributed by atoms with Crippen molar-refractivity contribution in [2.75, 3.05) is 26.2 Å². The predicted octanol–water partition coefficient (Wildman–Crippen LogP) is 0.386. The molecule has 2 unspecified atom stereocenters. The Kier molecular flexibility index (Phi) is 4.07. The van der Waals surface area contributed by atoms with E-state index < -0.39 is 10.2 Å². The molecule has 0 amide bonds. The molecule has 0 radical (unpaired) electrons. The molecule has 17 heavy (non-hydrogen) atoms. The van der Waals surface area contributed by atoms with Gasteiger partial charge in [0.25, 0.3) is 10.2 Å². The van der Waals surface area contributed by atoms with Gasteiger partial charge >= 0.3 is 0 Å². The molecule has 0 bridgehead atoms. The molecule has 0 aromatic carbocycles. The summed E-state index contributed by atoms with van der Waals surface area (Å²) in [5.74, 6) is 0.307. The molecule has 0 saturated carbocycles. The Morgan fingerprint density at radius 3 is 2.29 bits per heavy atom. The minimum atomic E-state index is -3.22. The van der Waals surface area contributed by atoms with Crippen LogP contribution >= 0.6 is 0 Å². The van der Waals surface area contributed by atoms with Gasteiger partial charge in [0.15, 0.2) is 0 Å². The molecule has 2 N–H and O–H groups in total. The van der Waals surface area contributed by atoms with E-state index in [4.69, 9.17) is 5.73 Å². The maximum Gasteiger partial charge on any atom is 0.281 e. The molecule has 100 valence electrons. The van der Waals surface area contributed by atoms with Crippen LogP contribution in [-0.4, -0.2) is 49.2 Å². The SMILES string of the molecule is CC(N)C1CCCN(S(=O)(=O)N2CCCC2)C1. The fourth-order valence-corrected chi connectivity index (χ4v) is 4.48. The number of nitrogens with zero attached hydrogens (tertiary/aromatic N) is 2. The van der Waals surface area contributed by atoms with Gasteiger partial charge in [-0.05, 0) is 38.5 Å². The van der Waals surface area contributed by atoms with Gasteiger partial charge in [0.1, 0.15) is 0 Å². The van der Waals surface area contributed by atoms with E-state index in [1.807, 2.05) is 6.92 Å². The highest BCUT2D eigenvalue weighted by Crippen LogP contribution is 2.24. The zero-order chi connectivity index (χ0) is 12.5. The number of rotatable bonds is 3. The highest BCUT2D eigenvalue weighted by Gasteiger charge is 2.35. The first kappa shape index (κ1) is 13.3. The summed E-state index contributed by atoms with van der Waals surface area (Å²) < 4.78 is 28.0. The summed E-state index contributed by atoms with van der Waals surface area (Å²) in [6.45, 7) is 4.58. The van der Waals surface area contributed by atoms with Crippen molar-refractivity contribution in [1.29, 1.82) is 0 Å². The summed E-state index contributed by atoms with van der Waals surface area (Å²) in [5.41, 5.74) is 5.89. The van der Waals surface area contributed by atoms with E-state index in [1.165, 1.54) is 0 Å². The average molecular weight is 261 g/mol. The summed E-state index contributed by atoms with van der Waals surface area (Å²) in [6, 6.07) is 0.0755. The topological polar surface area (TPSA) is 66.6 Å². The van der Waals surface area contributed by atoms with Gasteiger partial charge in [0.2, 0.25) is 0 Å². The molecule has 0 aliphatic carbocycles. The second kappa shape index (κ2) is 5.22. The van der Waals surface area contributed by atoms with Crippen LogP contribution in [0.25, 0.3) is 0 Å². The van der Waals surface area contributed by atoms with Gasteiger partial charge in [-0.15, -0.1) is 0 Å². The van der Waals surface area contributed by atoms with Crippen molar-refractivity contribution < 1.29 is 8.42 Å². The van der Waals surface area contributed by atoms with Crippen LogP contribution in [0.5, 0.6) is 0 Å². The highest BCUT2D eigenvalue weighted by atomic mass is 32.2. The highest BCUT2D eigenvalue weighted by molar-refractivity contribution is 7.86. The van der Waals surface area contributed by atoms with Crippen LogP contribution < -0.4 is 5.73 Å². The van der Waals surface area contributed by atoms with Crippen LogP contribution in [0.3, 0.4) is 0 Å². The maximum atomic E-state index is 12.4. The lowest BCUT2D eigenvalue weighted by atomic mass is 9.93. The second-order valence-electron chi connectivity index (χ2n) is 5.23. The van der Waals surface area contributed by atoms with Crippen molar-refractivity contribution in [1.82, 2.24) is 8.61 Å². The lowest BCUT2D eigenvalue weighted by Gasteiger charge is -2.35. The van der Waals surface area contributed by atoms with Gasteiger partial charge in [0, 0.05) is 32.2 Å². The molecule has 2 aliphatic rings.